The van der Waals surface area contributed by atoms with E-state index < -0.39 is 11.8 Å². The lowest BCUT2D eigenvalue weighted by atomic mass is 10.1. The summed E-state index contributed by atoms with van der Waals surface area (Å²) in [6.07, 6.45) is 1.56. The average Bonchev–Trinajstić information content (AvgIpc) is 2.66. The van der Waals surface area contributed by atoms with E-state index in [9.17, 15) is 9.59 Å². The Balaban J connectivity index is 2.24. The fourth-order valence-electron chi connectivity index (χ4n) is 2.09. The number of aliphatic hydroxyl groups is 1. The molecule has 0 bridgehead atoms. The zero-order valence-electron chi connectivity index (χ0n) is 14.2. The van der Waals surface area contributed by atoms with Crippen LogP contribution in [0.3, 0.4) is 0 Å². The Morgan fingerprint density at radius 2 is 1.77 bits per heavy atom. The van der Waals surface area contributed by atoms with Crippen molar-refractivity contribution in [3.63, 3.8) is 0 Å². The smallest absolute Gasteiger partial charge is 0.267 e. The van der Waals surface area contributed by atoms with E-state index in [-0.39, 0.29) is 18.8 Å². The molecule has 7 heteroatoms. The molecule has 0 radical (unpaired) electrons. The highest BCUT2D eigenvalue weighted by molar-refractivity contribution is 9.10. The summed E-state index contributed by atoms with van der Waals surface area (Å²) in [6, 6.07) is 13.8. The number of methoxy groups -OCH3 is 1. The summed E-state index contributed by atoms with van der Waals surface area (Å²) in [5, 5.41) is 14.0. The van der Waals surface area contributed by atoms with Crippen LogP contribution in [0, 0.1) is 0 Å². The van der Waals surface area contributed by atoms with Gasteiger partial charge in [-0.1, -0.05) is 28.1 Å². The summed E-state index contributed by atoms with van der Waals surface area (Å²) in [7, 11) is 1.57. The van der Waals surface area contributed by atoms with Gasteiger partial charge in [-0.15, -0.1) is 0 Å². The fraction of sp³-hybridized carbons (Fsp3) is 0.158. The van der Waals surface area contributed by atoms with E-state index in [4.69, 9.17) is 9.84 Å². The standard InChI is InChI=1S/C19H19BrN2O4/c1-26-16-8-2-13(3-9-16)12-17(19(25)21-10-11-23)22-18(24)14-4-6-15(20)7-5-14/h2-9,12,23H,10-11H2,1H3,(H,21,25)(H,22,24)/b17-12+. The van der Waals surface area contributed by atoms with Crippen LogP contribution < -0.4 is 15.4 Å². The van der Waals surface area contributed by atoms with Crippen LogP contribution in [-0.4, -0.2) is 37.2 Å². The van der Waals surface area contributed by atoms with E-state index in [1.54, 1.807) is 61.7 Å². The van der Waals surface area contributed by atoms with Crippen LogP contribution >= 0.6 is 15.9 Å². The minimum atomic E-state index is -0.486. The van der Waals surface area contributed by atoms with Gasteiger partial charge in [0.1, 0.15) is 11.4 Å². The molecule has 0 aliphatic rings. The molecule has 0 spiro atoms. The van der Waals surface area contributed by atoms with E-state index >= 15 is 0 Å². The predicted octanol–water partition coefficient (Wildman–Crippen LogP) is 2.34. The zero-order chi connectivity index (χ0) is 18.9. The van der Waals surface area contributed by atoms with Crippen LogP contribution in [0.2, 0.25) is 0 Å². The normalized spacial score (nSPS) is 11.0. The molecule has 6 nitrogen and oxygen atoms in total. The van der Waals surface area contributed by atoms with Gasteiger partial charge in [-0.05, 0) is 48.0 Å². The number of amides is 2. The average molecular weight is 419 g/mol. The van der Waals surface area contributed by atoms with Gasteiger partial charge in [0.2, 0.25) is 0 Å². The van der Waals surface area contributed by atoms with Crippen LogP contribution in [0.4, 0.5) is 0 Å². The maximum absolute atomic E-state index is 12.4. The monoisotopic (exact) mass is 418 g/mol. The molecule has 0 saturated carbocycles. The molecule has 0 aromatic heterocycles. The van der Waals surface area contributed by atoms with Crippen molar-refractivity contribution in [3.8, 4) is 5.75 Å². The third-order valence-corrected chi connectivity index (χ3v) is 3.95. The molecule has 0 saturated heterocycles. The second-order valence-corrected chi connectivity index (χ2v) is 6.19. The Kier molecular flexibility index (Phi) is 7.37. The molecule has 0 aliphatic carbocycles. The summed E-state index contributed by atoms with van der Waals surface area (Å²) in [6.45, 7) is -0.102. The summed E-state index contributed by atoms with van der Waals surface area (Å²) in [5.41, 5.74) is 1.22. The lowest BCUT2D eigenvalue weighted by Gasteiger charge is -2.11. The van der Waals surface area contributed by atoms with Crippen LogP contribution in [0.5, 0.6) is 5.75 Å². The number of halogens is 1. The molecule has 0 heterocycles. The topological polar surface area (TPSA) is 87.7 Å². The molecule has 136 valence electrons. The molecule has 2 aromatic rings. The first-order valence-electron chi connectivity index (χ1n) is 7.85. The van der Waals surface area contributed by atoms with Crippen LogP contribution in [0.25, 0.3) is 6.08 Å². The molecule has 2 amide bonds. The number of ether oxygens (including phenoxy) is 1. The first-order valence-corrected chi connectivity index (χ1v) is 8.64. The van der Waals surface area contributed by atoms with Crippen molar-refractivity contribution in [1.29, 1.82) is 0 Å². The van der Waals surface area contributed by atoms with Gasteiger partial charge in [-0.2, -0.15) is 0 Å². The number of hydrogen-bond donors (Lipinski definition) is 3. The summed E-state index contributed by atoms with van der Waals surface area (Å²) < 4.78 is 5.96. The van der Waals surface area contributed by atoms with Crippen LogP contribution in [0.15, 0.2) is 58.7 Å². The molecule has 0 aliphatic heterocycles. The predicted molar refractivity (Wildman–Crippen MR) is 103 cm³/mol. The SMILES string of the molecule is COc1ccc(/C=C(/NC(=O)c2ccc(Br)cc2)C(=O)NCCO)cc1. The maximum atomic E-state index is 12.4. The second-order valence-electron chi connectivity index (χ2n) is 5.27. The van der Waals surface area contributed by atoms with Crippen molar-refractivity contribution in [1.82, 2.24) is 10.6 Å². The van der Waals surface area contributed by atoms with Gasteiger partial charge in [0.15, 0.2) is 0 Å². The van der Waals surface area contributed by atoms with Gasteiger partial charge in [0.05, 0.1) is 13.7 Å². The van der Waals surface area contributed by atoms with E-state index in [0.717, 1.165) is 10.0 Å². The van der Waals surface area contributed by atoms with E-state index in [1.807, 2.05) is 0 Å². The van der Waals surface area contributed by atoms with Crippen molar-refractivity contribution in [2.24, 2.45) is 0 Å². The highest BCUT2D eigenvalue weighted by Gasteiger charge is 2.14. The Bertz CT molecular complexity index is 786. The quantitative estimate of drug-likeness (QED) is 0.602. The lowest BCUT2D eigenvalue weighted by Crippen LogP contribution is -2.36. The van der Waals surface area contributed by atoms with Gasteiger partial charge >= 0.3 is 0 Å². The first kappa shape index (κ1) is 19.7. The molecule has 3 N–H and O–H groups in total. The molecular weight excluding hydrogens is 400 g/mol. The Labute approximate surface area is 160 Å². The number of nitrogens with one attached hydrogen (secondary N) is 2. The third kappa shape index (κ3) is 5.72. The van der Waals surface area contributed by atoms with Crippen molar-refractivity contribution < 1.29 is 19.4 Å². The Hall–Kier alpha value is -2.64. The molecule has 2 rings (SSSR count). The molecule has 0 atom stereocenters. The Morgan fingerprint density at radius 3 is 2.35 bits per heavy atom. The first-order chi connectivity index (χ1) is 12.5. The number of benzene rings is 2. The van der Waals surface area contributed by atoms with Crippen molar-refractivity contribution in [2.75, 3.05) is 20.3 Å². The Morgan fingerprint density at radius 1 is 1.12 bits per heavy atom. The van der Waals surface area contributed by atoms with E-state index in [2.05, 4.69) is 26.6 Å². The molecule has 0 unspecified atom stereocenters. The van der Waals surface area contributed by atoms with Crippen molar-refractivity contribution in [2.45, 2.75) is 0 Å². The number of hydrogen-bond acceptors (Lipinski definition) is 4. The minimum Gasteiger partial charge on any atom is -0.497 e. The highest BCUT2D eigenvalue weighted by atomic mass is 79.9. The number of aliphatic hydroxyl groups excluding tert-OH is 1. The van der Waals surface area contributed by atoms with Gasteiger partial charge in [-0.25, -0.2) is 0 Å². The van der Waals surface area contributed by atoms with Gasteiger partial charge in [0, 0.05) is 16.6 Å². The van der Waals surface area contributed by atoms with Crippen molar-refractivity contribution in [3.05, 3.63) is 69.8 Å². The van der Waals surface area contributed by atoms with E-state index in [1.165, 1.54) is 0 Å². The number of carbonyl (C=O) groups excluding carboxylic acids is 2. The van der Waals surface area contributed by atoms with Crippen LogP contribution in [-0.2, 0) is 4.79 Å². The van der Waals surface area contributed by atoms with E-state index in [0.29, 0.717) is 11.3 Å². The van der Waals surface area contributed by atoms with Gasteiger partial charge < -0.3 is 20.5 Å². The minimum absolute atomic E-state index is 0.0801. The molecule has 0 fully saturated rings. The summed E-state index contributed by atoms with van der Waals surface area (Å²) in [5.74, 6) is -0.205. The zero-order valence-corrected chi connectivity index (χ0v) is 15.7. The van der Waals surface area contributed by atoms with Crippen molar-refractivity contribution >= 4 is 33.8 Å². The molecule has 26 heavy (non-hydrogen) atoms. The molecule has 2 aromatic carbocycles. The number of carbonyl (C=O) groups is 2. The molecular formula is C19H19BrN2O4. The largest absolute Gasteiger partial charge is 0.497 e. The summed E-state index contributed by atoms with van der Waals surface area (Å²) in [4.78, 5) is 24.7. The fourth-order valence-corrected chi connectivity index (χ4v) is 2.35. The van der Waals surface area contributed by atoms with Gasteiger partial charge in [0.25, 0.3) is 11.8 Å². The number of rotatable bonds is 7. The summed E-state index contributed by atoms with van der Waals surface area (Å²) >= 11 is 3.31. The maximum Gasteiger partial charge on any atom is 0.267 e. The highest BCUT2D eigenvalue weighted by Crippen LogP contribution is 2.14. The second kappa shape index (κ2) is 9.74. The van der Waals surface area contributed by atoms with Crippen LogP contribution in [0.1, 0.15) is 15.9 Å². The van der Waals surface area contributed by atoms with Gasteiger partial charge in [-0.3, -0.25) is 9.59 Å². The third-order valence-electron chi connectivity index (χ3n) is 3.42. The lowest BCUT2D eigenvalue weighted by molar-refractivity contribution is -0.117.